The minimum atomic E-state index is 0.287. The van der Waals surface area contributed by atoms with Gasteiger partial charge in [0.05, 0.1) is 0 Å². The molecule has 0 aromatic carbocycles. The first-order valence-electron chi connectivity index (χ1n) is 4.07. The van der Waals surface area contributed by atoms with Crippen LogP contribution in [0.25, 0.3) is 0 Å². The first-order valence-corrected chi connectivity index (χ1v) is 4.87. The monoisotopic (exact) mass is 214 g/mol. The predicted octanol–water partition coefficient (Wildman–Crippen LogP) is 4.03. The molecule has 0 bridgehead atoms. The molecule has 0 unspecified atom stereocenters. The molecular formula is C10H15Br. The fraction of sp³-hybridized carbons (Fsp3) is 0.600. The maximum Gasteiger partial charge on any atom is -0.000906 e. The molecule has 1 rings (SSSR count). The molecule has 0 nitrogen and oxygen atoms in total. The van der Waals surface area contributed by atoms with Gasteiger partial charge < -0.3 is 0 Å². The summed E-state index contributed by atoms with van der Waals surface area (Å²) in [5.41, 5.74) is 1.74. The first-order chi connectivity index (χ1) is 5.02. The third kappa shape index (κ3) is 2.19. The Bertz CT molecular complexity index is 203. The third-order valence-corrected chi connectivity index (χ3v) is 2.74. The summed E-state index contributed by atoms with van der Waals surface area (Å²) in [6.45, 7) is 6.75. The average Bonchev–Trinajstić information content (AvgIpc) is 1.86. The fourth-order valence-electron chi connectivity index (χ4n) is 1.29. The Morgan fingerprint density at radius 2 is 2.00 bits per heavy atom. The number of hydrogen-bond acceptors (Lipinski definition) is 0. The van der Waals surface area contributed by atoms with E-state index in [9.17, 15) is 0 Å². The van der Waals surface area contributed by atoms with Crippen molar-refractivity contribution in [3.63, 3.8) is 0 Å². The molecule has 11 heavy (non-hydrogen) atoms. The highest BCUT2D eigenvalue weighted by Crippen LogP contribution is 2.35. The van der Waals surface area contributed by atoms with Gasteiger partial charge in [-0.1, -0.05) is 48.9 Å². The number of hydrogen-bond donors (Lipinski definition) is 0. The molecule has 62 valence electrons. The van der Waals surface area contributed by atoms with E-state index in [1.54, 1.807) is 0 Å². The van der Waals surface area contributed by atoms with Gasteiger partial charge in [0.25, 0.3) is 0 Å². The maximum atomic E-state index is 3.62. The van der Waals surface area contributed by atoms with Crippen molar-refractivity contribution in [2.75, 3.05) is 0 Å². The third-order valence-electron chi connectivity index (χ3n) is 1.92. The zero-order valence-electron chi connectivity index (χ0n) is 7.45. The zero-order valence-corrected chi connectivity index (χ0v) is 9.03. The van der Waals surface area contributed by atoms with Crippen molar-refractivity contribution in [2.24, 2.45) is 5.41 Å². The van der Waals surface area contributed by atoms with E-state index in [4.69, 9.17) is 0 Å². The van der Waals surface area contributed by atoms with Crippen LogP contribution >= 0.6 is 15.9 Å². The number of halogens is 1. The molecule has 0 amide bonds. The van der Waals surface area contributed by atoms with Crippen LogP contribution < -0.4 is 0 Å². The van der Waals surface area contributed by atoms with E-state index in [0.717, 1.165) is 0 Å². The SMILES string of the molecule is CC(C)(C)C1=C(Br)CCC=C1. The summed E-state index contributed by atoms with van der Waals surface area (Å²) >= 11 is 3.62. The lowest BCUT2D eigenvalue weighted by Gasteiger charge is -2.24. The van der Waals surface area contributed by atoms with Crippen LogP contribution in [0.4, 0.5) is 0 Å². The summed E-state index contributed by atoms with van der Waals surface area (Å²) in [4.78, 5) is 0. The lowest BCUT2D eigenvalue weighted by Crippen LogP contribution is -2.10. The van der Waals surface area contributed by atoms with Gasteiger partial charge in [0, 0.05) is 0 Å². The summed E-state index contributed by atoms with van der Waals surface area (Å²) in [5, 5.41) is 0. The Labute approximate surface area is 77.5 Å². The van der Waals surface area contributed by atoms with E-state index in [-0.39, 0.29) is 5.41 Å². The van der Waals surface area contributed by atoms with E-state index in [1.165, 1.54) is 22.9 Å². The van der Waals surface area contributed by atoms with Gasteiger partial charge in [-0.05, 0) is 28.3 Å². The van der Waals surface area contributed by atoms with E-state index in [2.05, 4.69) is 48.9 Å². The van der Waals surface area contributed by atoms with E-state index < -0.39 is 0 Å². The number of allylic oxidation sites excluding steroid dienone is 4. The Morgan fingerprint density at radius 1 is 1.36 bits per heavy atom. The van der Waals surface area contributed by atoms with Crippen LogP contribution in [0.15, 0.2) is 22.2 Å². The van der Waals surface area contributed by atoms with Gasteiger partial charge in [0.15, 0.2) is 0 Å². The molecule has 0 heterocycles. The molecule has 0 spiro atoms. The molecule has 1 heteroatoms. The molecule has 0 saturated heterocycles. The molecular weight excluding hydrogens is 200 g/mol. The molecule has 0 aliphatic heterocycles. The van der Waals surface area contributed by atoms with Crippen LogP contribution in [0.5, 0.6) is 0 Å². The summed E-state index contributed by atoms with van der Waals surface area (Å²) < 4.78 is 1.38. The van der Waals surface area contributed by atoms with Crippen LogP contribution in [-0.2, 0) is 0 Å². The molecule has 1 aliphatic carbocycles. The maximum absolute atomic E-state index is 3.62. The van der Waals surface area contributed by atoms with Crippen LogP contribution in [0.1, 0.15) is 33.6 Å². The van der Waals surface area contributed by atoms with Crippen molar-refractivity contribution in [1.29, 1.82) is 0 Å². The van der Waals surface area contributed by atoms with E-state index >= 15 is 0 Å². The molecule has 0 aromatic heterocycles. The van der Waals surface area contributed by atoms with Crippen LogP contribution in [-0.4, -0.2) is 0 Å². The Balaban J connectivity index is 2.93. The summed E-state index contributed by atoms with van der Waals surface area (Å²) in [7, 11) is 0. The van der Waals surface area contributed by atoms with Gasteiger partial charge in [-0.25, -0.2) is 0 Å². The largest absolute Gasteiger partial charge is 0.0839 e. The van der Waals surface area contributed by atoms with Crippen LogP contribution in [0.2, 0.25) is 0 Å². The lowest BCUT2D eigenvalue weighted by atomic mass is 9.84. The molecule has 0 radical (unpaired) electrons. The van der Waals surface area contributed by atoms with Gasteiger partial charge >= 0.3 is 0 Å². The fourth-order valence-corrected chi connectivity index (χ4v) is 2.25. The van der Waals surface area contributed by atoms with Crippen molar-refractivity contribution in [1.82, 2.24) is 0 Å². The normalized spacial score (nSPS) is 19.3. The molecule has 0 saturated carbocycles. The Kier molecular flexibility index (Phi) is 2.58. The van der Waals surface area contributed by atoms with Crippen molar-refractivity contribution in [3.05, 3.63) is 22.2 Å². The van der Waals surface area contributed by atoms with Crippen molar-refractivity contribution in [3.8, 4) is 0 Å². The van der Waals surface area contributed by atoms with E-state index in [0.29, 0.717) is 0 Å². The highest BCUT2D eigenvalue weighted by atomic mass is 79.9. The van der Waals surface area contributed by atoms with E-state index in [1.807, 2.05) is 0 Å². The summed E-state index contributed by atoms with van der Waals surface area (Å²) in [5.74, 6) is 0. The standard InChI is InChI=1S/C10H15Br/c1-10(2,3)8-6-4-5-7-9(8)11/h4,6H,5,7H2,1-3H3. The molecule has 1 aliphatic rings. The van der Waals surface area contributed by atoms with Crippen molar-refractivity contribution in [2.45, 2.75) is 33.6 Å². The lowest BCUT2D eigenvalue weighted by molar-refractivity contribution is 0.511. The molecule has 0 aromatic rings. The van der Waals surface area contributed by atoms with Gasteiger partial charge in [-0.2, -0.15) is 0 Å². The van der Waals surface area contributed by atoms with Crippen molar-refractivity contribution >= 4 is 15.9 Å². The highest BCUT2D eigenvalue weighted by molar-refractivity contribution is 9.11. The summed E-state index contributed by atoms with van der Waals surface area (Å²) in [6, 6.07) is 0. The van der Waals surface area contributed by atoms with Gasteiger partial charge in [-0.3, -0.25) is 0 Å². The Hall–Kier alpha value is -0.0400. The quantitative estimate of drug-likeness (QED) is 0.572. The molecule has 0 N–H and O–H groups in total. The minimum Gasteiger partial charge on any atom is -0.0839 e. The van der Waals surface area contributed by atoms with Crippen molar-refractivity contribution < 1.29 is 0 Å². The van der Waals surface area contributed by atoms with Crippen LogP contribution in [0, 0.1) is 5.41 Å². The topological polar surface area (TPSA) is 0 Å². The summed E-state index contributed by atoms with van der Waals surface area (Å²) in [6.07, 6.45) is 6.85. The smallest absolute Gasteiger partial charge is 0.000906 e. The predicted molar refractivity (Wildman–Crippen MR) is 53.8 cm³/mol. The second-order valence-corrected chi connectivity index (χ2v) is 4.97. The van der Waals surface area contributed by atoms with Gasteiger partial charge in [-0.15, -0.1) is 0 Å². The van der Waals surface area contributed by atoms with Gasteiger partial charge in [0.1, 0.15) is 0 Å². The minimum absolute atomic E-state index is 0.287. The Morgan fingerprint density at radius 3 is 2.36 bits per heavy atom. The van der Waals surface area contributed by atoms with Crippen LogP contribution in [0.3, 0.4) is 0 Å². The second-order valence-electron chi connectivity index (χ2n) is 4.01. The molecule has 0 atom stereocenters. The first kappa shape index (κ1) is 9.05. The van der Waals surface area contributed by atoms with Gasteiger partial charge in [0.2, 0.25) is 0 Å². The highest BCUT2D eigenvalue weighted by Gasteiger charge is 2.19. The average molecular weight is 215 g/mol. The second kappa shape index (κ2) is 3.14. The molecule has 0 fully saturated rings. The number of rotatable bonds is 0. The zero-order chi connectivity index (χ0) is 8.48.